The van der Waals surface area contributed by atoms with Crippen LogP contribution in [0.25, 0.3) is 0 Å². The van der Waals surface area contributed by atoms with Gasteiger partial charge in [0.05, 0.1) is 25.4 Å². The molecule has 3 N–H and O–H groups in total. The smallest absolute Gasteiger partial charge is 0.346 e. The molecule has 0 aromatic rings. The first-order chi connectivity index (χ1) is 12.4. The van der Waals surface area contributed by atoms with Crippen LogP contribution in [0, 0.1) is 0 Å². The quantitative estimate of drug-likeness (QED) is 0.448. The number of aliphatic hydroxyl groups excluding tert-OH is 1. The summed E-state index contributed by atoms with van der Waals surface area (Å²) in [5, 5.41) is 10.7. The first kappa shape index (κ1) is 22.4. The van der Waals surface area contributed by atoms with Gasteiger partial charge in [0.1, 0.15) is 5.57 Å². The van der Waals surface area contributed by atoms with Crippen LogP contribution in [0.2, 0.25) is 0 Å². The summed E-state index contributed by atoms with van der Waals surface area (Å²) in [6, 6.07) is 0. The van der Waals surface area contributed by atoms with Gasteiger partial charge in [0, 0.05) is 5.70 Å². The van der Waals surface area contributed by atoms with Gasteiger partial charge in [-0.2, -0.15) is 0 Å². The molecule has 0 amide bonds. The van der Waals surface area contributed by atoms with E-state index < -0.39 is 23.6 Å². The largest absolute Gasteiger partial charge is 0.464 e. The fraction of sp³-hybridized carbons (Fsp3) is 0.789. The van der Waals surface area contributed by atoms with E-state index >= 15 is 0 Å². The number of ether oxygens (including phenoxy) is 3. The van der Waals surface area contributed by atoms with Gasteiger partial charge in [0.2, 0.25) is 5.60 Å². The van der Waals surface area contributed by atoms with E-state index in [1.807, 2.05) is 20.8 Å². The highest BCUT2D eigenvalue weighted by Crippen LogP contribution is 2.39. The second-order valence-electron chi connectivity index (χ2n) is 6.46. The molecule has 0 saturated heterocycles. The highest BCUT2D eigenvalue weighted by Gasteiger charge is 2.58. The second kappa shape index (κ2) is 10.5. The van der Waals surface area contributed by atoms with Crippen molar-refractivity contribution in [1.29, 1.82) is 0 Å². The third-order valence-electron chi connectivity index (χ3n) is 4.63. The summed E-state index contributed by atoms with van der Waals surface area (Å²) in [4.78, 5) is 25.6. The SMILES string of the molecule is CCCCOC(=O)C1=C(N)CCC(O)C1(OC(CC)CC)C(=O)OCC. The van der Waals surface area contributed by atoms with E-state index in [0.717, 1.165) is 6.42 Å². The molecule has 150 valence electrons. The van der Waals surface area contributed by atoms with Gasteiger partial charge in [0.15, 0.2) is 0 Å². The van der Waals surface area contributed by atoms with Crippen LogP contribution < -0.4 is 5.73 Å². The highest BCUT2D eigenvalue weighted by molar-refractivity contribution is 6.01. The summed E-state index contributed by atoms with van der Waals surface area (Å²) >= 11 is 0. The van der Waals surface area contributed by atoms with E-state index in [9.17, 15) is 14.7 Å². The molecule has 0 spiro atoms. The average molecular weight is 371 g/mol. The number of hydrogen-bond acceptors (Lipinski definition) is 7. The molecule has 7 nitrogen and oxygen atoms in total. The molecule has 0 radical (unpaired) electrons. The lowest BCUT2D eigenvalue weighted by atomic mass is 9.78. The number of carbonyl (C=O) groups is 2. The number of carbonyl (C=O) groups excluding carboxylic acids is 2. The van der Waals surface area contributed by atoms with E-state index in [1.54, 1.807) is 6.92 Å². The maximum absolute atomic E-state index is 12.9. The molecule has 26 heavy (non-hydrogen) atoms. The van der Waals surface area contributed by atoms with Crippen molar-refractivity contribution in [2.75, 3.05) is 13.2 Å². The molecule has 1 aliphatic carbocycles. The molecule has 1 aliphatic rings. The predicted molar refractivity (Wildman–Crippen MR) is 97.1 cm³/mol. The Morgan fingerprint density at radius 1 is 1.23 bits per heavy atom. The summed E-state index contributed by atoms with van der Waals surface area (Å²) in [7, 11) is 0. The lowest BCUT2D eigenvalue weighted by Gasteiger charge is -2.42. The summed E-state index contributed by atoms with van der Waals surface area (Å²) in [5.74, 6) is -1.53. The van der Waals surface area contributed by atoms with Crippen LogP contribution in [0.5, 0.6) is 0 Å². The minimum Gasteiger partial charge on any atom is -0.464 e. The van der Waals surface area contributed by atoms with E-state index in [2.05, 4.69) is 0 Å². The lowest BCUT2D eigenvalue weighted by Crippen LogP contribution is -2.60. The maximum Gasteiger partial charge on any atom is 0.346 e. The van der Waals surface area contributed by atoms with E-state index in [1.165, 1.54) is 0 Å². The third kappa shape index (κ3) is 4.76. The van der Waals surface area contributed by atoms with Gasteiger partial charge in [-0.3, -0.25) is 0 Å². The predicted octanol–water partition coefficient (Wildman–Crippen LogP) is 2.20. The van der Waals surface area contributed by atoms with Crippen molar-refractivity contribution in [3.8, 4) is 0 Å². The molecule has 0 bridgehead atoms. The number of rotatable bonds is 10. The summed E-state index contributed by atoms with van der Waals surface area (Å²) in [5.41, 5.74) is 4.24. The van der Waals surface area contributed by atoms with Gasteiger partial charge in [-0.05, 0) is 39.0 Å². The van der Waals surface area contributed by atoms with Crippen LogP contribution in [0.4, 0.5) is 0 Å². The molecule has 0 saturated carbocycles. The number of allylic oxidation sites excluding steroid dienone is 1. The minimum atomic E-state index is -1.95. The van der Waals surface area contributed by atoms with Gasteiger partial charge >= 0.3 is 11.9 Å². The van der Waals surface area contributed by atoms with Crippen molar-refractivity contribution < 1.29 is 28.9 Å². The van der Waals surface area contributed by atoms with Crippen molar-refractivity contribution in [3.63, 3.8) is 0 Å². The van der Waals surface area contributed by atoms with Crippen molar-refractivity contribution in [2.24, 2.45) is 5.73 Å². The Morgan fingerprint density at radius 3 is 2.42 bits per heavy atom. The van der Waals surface area contributed by atoms with Crippen LogP contribution in [-0.4, -0.2) is 48.1 Å². The van der Waals surface area contributed by atoms with Gasteiger partial charge < -0.3 is 25.1 Å². The van der Waals surface area contributed by atoms with Gasteiger partial charge in [-0.15, -0.1) is 0 Å². The molecule has 0 aromatic heterocycles. The van der Waals surface area contributed by atoms with Gasteiger partial charge in [-0.1, -0.05) is 27.2 Å². The first-order valence-corrected chi connectivity index (χ1v) is 9.58. The Labute approximate surface area is 155 Å². The number of nitrogens with two attached hydrogens (primary N) is 1. The van der Waals surface area contributed by atoms with Crippen LogP contribution in [0.3, 0.4) is 0 Å². The van der Waals surface area contributed by atoms with Crippen molar-refractivity contribution >= 4 is 11.9 Å². The Bertz CT molecular complexity index is 514. The first-order valence-electron chi connectivity index (χ1n) is 9.58. The summed E-state index contributed by atoms with van der Waals surface area (Å²) < 4.78 is 16.5. The van der Waals surface area contributed by atoms with Crippen molar-refractivity contribution in [1.82, 2.24) is 0 Å². The number of hydrogen-bond donors (Lipinski definition) is 2. The molecule has 0 aliphatic heterocycles. The van der Waals surface area contributed by atoms with Crippen LogP contribution in [0.1, 0.15) is 66.2 Å². The van der Waals surface area contributed by atoms with E-state index in [0.29, 0.717) is 19.3 Å². The zero-order chi connectivity index (χ0) is 19.7. The lowest BCUT2D eigenvalue weighted by molar-refractivity contribution is -0.196. The Morgan fingerprint density at radius 2 is 1.88 bits per heavy atom. The number of esters is 2. The standard InChI is InChI=1S/C19H33NO6/c1-5-9-12-25-17(22)16-14(20)10-11-15(21)19(16,18(23)24-8-4)26-13(6-2)7-3/h13,15,21H,5-12,20H2,1-4H3. The zero-order valence-electron chi connectivity index (χ0n) is 16.4. The number of unbranched alkanes of at least 4 members (excludes halogenated alkanes) is 1. The monoisotopic (exact) mass is 371 g/mol. The molecular formula is C19H33NO6. The summed E-state index contributed by atoms with van der Waals surface area (Å²) in [6.07, 6.45) is 1.70. The third-order valence-corrected chi connectivity index (χ3v) is 4.63. The van der Waals surface area contributed by atoms with Crippen molar-refractivity contribution in [2.45, 2.75) is 84.0 Å². The van der Waals surface area contributed by atoms with Crippen LogP contribution in [-0.2, 0) is 23.8 Å². The Hall–Kier alpha value is -1.60. The topological polar surface area (TPSA) is 108 Å². The van der Waals surface area contributed by atoms with Gasteiger partial charge in [-0.25, -0.2) is 9.59 Å². The molecule has 0 heterocycles. The molecular weight excluding hydrogens is 338 g/mol. The molecule has 0 aromatic carbocycles. The normalized spacial score (nSPS) is 23.2. The zero-order valence-corrected chi connectivity index (χ0v) is 16.4. The van der Waals surface area contributed by atoms with Crippen molar-refractivity contribution in [3.05, 3.63) is 11.3 Å². The molecule has 7 heteroatoms. The molecule has 0 fully saturated rings. The second-order valence-corrected chi connectivity index (χ2v) is 6.46. The van der Waals surface area contributed by atoms with Crippen LogP contribution >= 0.6 is 0 Å². The number of aliphatic hydroxyl groups is 1. The van der Waals surface area contributed by atoms with Crippen LogP contribution in [0.15, 0.2) is 11.3 Å². The van der Waals surface area contributed by atoms with E-state index in [-0.39, 0.29) is 43.4 Å². The molecule has 2 atom stereocenters. The Kier molecular flexibility index (Phi) is 9.08. The Balaban J connectivity index is 3.39. The summed E-state index contributed by atoms with van der Waals surface area (Å²) in [6.45, 7) is 7.77. The maximum atomic E-state index is 12.9. The van der Waals surface area contributed by atoms with Gasteiger partial charge in [0.25, 0.3) is 0 Å². The average Bonchev–Trinajstić information content (AvgIpc) is 2.62. The molecule has 2 unspecified atom stereocenters. The van der Waals surface area contributed by atoms with E-state index in [4.69, 9.17) is 19.9 Å². The fourth-order valence-electron chi connectivity index (χ4n) is 3.07. The fourth-order valence-corrected chi connectivity index (χ4v) is 3.07. The molecule has 1 rings (SSSR count). The highest BCUT2D eigenvalue weighted by atomic mass is 16.6. The minimum absolute atomic E-state index is 0.0949.